The summed E-state index contributed by atoms with van der Waals surface area (Å²) >= 11 is 0. The predicted molar refractivity (Wildman–Crippen MR) is 122 cm³/mol. The van der Waals surface area contributed by atoms with Crippen LogP contribution in [-0.2, 0) is 17.6 Å². The molecule has 0 bridgehead atoms. The fraction of sp³-hybridized carbons (Fsp3) is 0.542. The highest BCUT2D eigenvalue weighted by atomic mass is 16.6. The van der Waals surface area contributed by atoms with Gasteiger partial charge in [0.1, 0.15) is 24.6 Å². The number of hydrogen-bond acceptors (Lipinski definition) is 7. The molecule has 8 nitrogen and oxygen atoms in total. The molecule has 1 amide bonds. The zero-order valence-electron chi connectivity index (χ0n) is 19.4. The van der Waals surface area contributed by atoms with Crippen molar-refractivity contribution in [3.05, 3.63) is 41.3 Å². The number of anilines is 1. The minimum absolute atomic E-state index is 0.244. The van der Waals surface area contributed by atoms with Gasteiger partial charge in [0, 0.05) is 25.5 Å². The minimum atomic E-state index is -0.493. The lowest BCUT2D eigenvalue weighted by Gasteiger charge is -2.34. The van der Waals surface area contributed by atoms with E-state index in [9.17, 15) is 4.79 Å². The number of fused-ring (bicyclic) bond motifs is 2. The van der Waals surface area contributed by atoms with E-state index < -0.39 is 5.60 Å². The lowest BCUT2D eigenvalue weighted by atomic mass is 9.94. The molecule has 0 unspecified atom stereocenters. The van der Waals surface area contributed by atoms with Crippen LogP contribution in [0.2, 0.25) is 0 Å². The van der Waals surface area contributed by atoms with E-state index in [-0.39, 0.29) is 6.09 Å². The van der Waals surface area contributed by atoms with E-state index >= 15 is 0 Å². The number of amides is 1. The summed E-state index contributed by atoms with van der Waals surface area (Å²) in [5, 5.41) is 0. The van der Waals surface area contributed by atoms with Gasteiger partial charge < -0.3 is 24.0 Å². The molecule has 0 saturated carbocycles. The number of aromatic nitrogens is 2. The van der Waals surface area contributed by atoms with Crippen LogP contribution in [-0.4, -0.2) is 66.0 Å². The molecule has 4 rings (SSSR count). The first kappa shape index (κ1) is 22.2. The average molecular weight is 441 g/mol. The Hall–Kier alpha value is -3.03. The van der Waals surface area contributed by atoms with Crippen LogP contribution >= 0.6 is 0 Å². The molecule has 1 aromatic heterocycles. The topological polar surface area (TPSA) is 77.0 Å². The van der Waals surface area contributed by atoms with Crippen LogP contribution in [0.1, 0.15) is 37.5 Å². The third-order valence-electron chi connectivity index (χ3n) is 5.75. The Morgan fingerprint density at radius 1 is 1.19 bits per heavy atom. The molecular formula is C24H32N4O4. The van der Waals surface area contributed by atoms with Crippen molar-refractivity contribution in [2.24, 2.45) is 0 Å². The summed E-state index contributed by atoms with van der Waals surface area (Å²) in [6.45, 7) is 11.8. The summed E-state index contributed by atoms with van der Waals surface area (Å²) in [6, 6.07) is 2.16. The maximum absolute atomic E-state index is 12.6. The molecule has 0 radical (unpaired) electrons. The van der Waals surface area contributed by atoms with E-state index in [2.05, 4.69) is 27.9 Å². The monoisotopic (exact) mass is 440 g/mol. The normalized spacial score (nSPS) is 15.9. The summed E-state index contributed by atoms with van der Waals surface area (Å²) in [6.07, 6.45) is 6.23. The Morgan fingerprint density at radius 3 is 2.75 bits per heavy atom. The lowest BCUT2D eigenvalue weighted by molar-refractivity contribution is 0.0258. The van der Waals surface area contributed by atoms with Crippen LogP contribution in [0.4, 0.5) is 10.5 Å². The quantitative estimate of drug-likeness (QED) is 0.721. The molecule has 0 aliphatic carbocycles. The standard InChI is InChI=1S/C24H32N4O4/c1-17-19-6-10-28(23(29)32-24(2,3)4)9-5-18(19)15-20-22(17)27(11-13-30-20)12-14-31-21-16-25-7-8-26-21/h7-8,15-16H,5-6,9-14H2,1-4H3. The van der Waals surface area contributed by atoms with Crippen molar-refractivity contribution in [2.45, 2.75) is 46.1 Å². The van der Waals surface area contributed by atoms with Crippen molar-refractivity contribution in [3.8, 4) is 11.6 Å². The summed E-state index contributed by atoms with van der Waals surface area (Å²) in [5.41, 5.74) is 4.42. The molecular weight excluding hydrogens is 408 g/mol. The van der Waals surface area contributed by atoms with Gasteiger partial charge in [-0.15, -0.1) is 0 Å². The number of carbonyl (C=O) groups is 1. The van der Waals surface area contributed by atoms with E-state index in [0.29, 0.717) is 32.2 Å². The number of hydrogen-bond donors (Lipinski definition) is 0. The second-order valence-corrected chi connectivity index (χ2v) is 9.18. The third-order valence-corrected chi connectivity index (χ3v) is 5.75. The Kier molecular flexibility index (Phi) is 6.39. The van der Waals surface area contributed by atoms with E-state index in [0.717, 1.165) is 37.4 Å². The predicted octanol–water partition coefficient (Wildman–Crippen LogP) is 3.40. The van der Waals surface area contributed by atoms with Gasteiger partial charge >= 0.3 is 6.09 Å². The van der Waals surface area contributed by atoms with Gasteiger partial charge in [-0.25, -0.2) is 9.78 Å². The van der Waals surface area contributed by atoms with Crippen LogP contribution in [0.25, 0.3) is 0 Å². The first-order valence-electron chi connectivity index (χ1n) is 11.2. The maximum Gasteiger partial charge on any atom is 0.410 e. The van der Waals surface area contributed by atoms with Gasteiger partial charge in [0.2, 0.25) is 5.88 Å². The Labute approximate surface area is 189 Å². The molecule has 8 heteroatoms. The first-order chi connectivity index (χ1) is 15.3. The number of nitrogens with zero attached hydrogens (tertiary/aromatic N) is 4. The van der Waals surface area contributed by atoms with Gasteiger partial charge in [-0.3, -0.25) is 4.98 Å². The molecule has 0 spiro atoms. The molecule has 32 heavy (non-hydrogen) atoms. The van der Waals surface area contributed by atoms with Crippen molar-refractivity contribution >= 4 is 11.8 Å². The van der Waals surface area contributed by atoms with Crippen molar-refractivity contribution in [2.75, 3.05) is 44.3 Å². The second kappa shape index (κ2) is 9.22. The van der Waals surface area contributed by atoms with E-state index in [1.165, 1.54) is 16.7 Å². The van der Waals surface area contributed by atoms with Crippen LogP contribution in [0.15, 0.2) is 24.7 Å². The lowest BCUT2D eigenvalue weighted by Crippen LogP contribution is -2.38. The molecule has 2 aliphatic rings. The van der Waals surface area contributed by atoms with Crippen molar-refractivity contribution in [3.63, 3.8) is 0 Å². The van der Waals surface area contributed by atoms with Gasteiger partial charge in [-0.05, 0) is 63.3 Å². The number of ether oxygens (including phenoxy) is 3. The van der Waals surface area contributed by atoms with Gasteiger partial charge in [-0.2, -0.15) is 0 Å². The van der Waals surface area contributed by atoms with Crippen molar-refractivity contribution in [1.29, 1.82) is 0 Å². The summed E-state index contributed by atoms with van der Waals surface area (Å²) in [5.74, 6) is 1.44. The second-order valence-electron chi connectivity index (χ2n) is 9.18. The van der Waals surface area contributed by atoms with Crippen LogP contribution in [0, 0.1) is 6.92 Å². The van der Waals surface area contributed by atoms with Crippen LogP contribution in [0.3, 0.4) is 0 Å². The minimum Gasteiger partial charge on any atom is -0.490 e. The fourth-order valence-corrected chi connectivity index (χ4v) is 4.30. The smallest absolute Gasteiger partial charge is 0.410 e. The zero-order valence-corrected chi connectivity index (χ0v) is 19.4. The maximum atomic E-state index is 12.6. The van der Waals surface area contributed by atoms with Gasteiger partial charge in [0.05, 0.1) is 25.0 Å². The van der Waals surface area contributed by atoms with E-state index in [1.807, 2.05) is 25.7 Å². The largest absolute Gasteiger partial charge is 0.490 e. The van der Waals surface area contributed by atoms with Crippen LogP contribution < -0.4 is 14.4 Å². The molecule has 0 fully saturated rings. The fourth-order valence-electron chi connectivity index (χ4n) is 4.30. The molecule has 0 N–H and O–H groups in total. The Morgan fingerprint density at radius 2 is 2.00 bits per heavy atom. The molecule has 3 heterocycles. The zero-order chi connectivity index (χ0) is 22.7. The molecule has 172 valence electrons. The highest BCUT2D eigenvalue weighted by Crippen LogP contribution is 2.39. The van der Waals surface area contributed by atoms with Gasteiger partial charge in [0.15, 0.2) is 0 Å². The van der Waals surface area contributed by atoms with E-state index in [1.54, 1.807) is 18.6 Å². The SMILES string of the molecule is Cc1c2c(cc3c1N(CCOc1cnccn1)CCO3)CCN(C(=O)OC(C)(C)C)CC2. The number of rotatable bonds is 4. The summed E-state index contributed by atoms with van der Waals surface area (Å²) in [7, 11) is 0. The summed E-state index contributed by atoms with van der Waals surface area (Å²) in [4.78, 5) is 24.9. The molecule has 0 saturated heterocycles. The highest BCUT2D eigenvalue weighted by molar-refractivity contribution is 5.71. The summed E-state index contributed by atoms with van der Waals surface area (Å²) < 4.78 is 17.4. The van der Waals surface area contributed by atoms with Crippen LogP contribution in [0.5, 0.6) is 11.6 Å². The molecule has 2 aromatic rings. The van der Waals surface area contributed by atoms with Crippen molar-refractivity contribution in [1.82, 2.24) is 14.9 Å². The number of benzene rings is 1. The first-order valence-corrected chi connectivity index (χ1v) is 11.2. The van der Waals surface area contributed by atoms with Gasteiger partial charge in [0.25, 0.3) is 0 Å². The molecule has 2 aliphatic heterocycles. The average Bonchev–Trinajstić information content (AvgIpc) is 2.96. The third kappa shape index (κ3) is 5.06. The van der Waals surface area contributed by atoms with E-state index in [4.69, 9.17) is 14.2 Å². The Bertz CT molecular complexity index is 959. The molecule has 1 aromatic carbocycles. The van der Waals surface area contributed by atoms with Crippen molar-refractivity contribution < 1.29 is 19.0 Å². The number of carbonyl (C=O) groups excluding carboxylic acids is 1. The highest BCUT2D eigenvalue weighted by Gasteiger charge is 2.28. The Balaban J connectivity index is 1.48. The van der Waals surface area contributed by atoms with Gasteiger partial charge in [-0.1, -0.05) is 0 Å². The molecule has 0 atom stereocenters.